The third-order valence-electron chi connectivity index (χ3n) is 3.26. The molecule has 1 aliphatic heterocycles. The minimum Gasteiger partial charge on any atom is -0.353 e. The highest BCUT2D eigenvalue weighted by Crippen LogP contribution is 2.39. The van der Waals surface area contributed by atoms with Crippen LogP contribution in [-0.4, -0.2) is 23.0 Å². The van der Waals surface area contributed by atoms with Crippen molar-refractivity contribution in [1.82, 2.24) is 5.32 Å². The molecule has 100 valence electrons. The fourth-order valence-corrected chi connectivity index (χ4v) is 5.04. The van der Waals surface area contributed by atoms with Crippen LogP contribution in [0.1, 0.15) is 58.8 Å². The molecule has 1 saturated heterocycles. The summed E-state index contributed by atoms with van der Waals surface area (Å²) in [4.78, 5) is 11.6. The van der Waals surface area contributed by atoms with Gasteiger partial charge in [0.05, 0.1) is 0 Å². The van der Waals surface area contributed by atoms with Crippen LogP contribution in [-0.2, 0) is 4.79 Å². The summed E-state index contributed by atoms with van der Waals surface area (Å²) in [6, 6.07) is 0.379. The molecule has 0 bridgehead atoms. The molecule has 0 aromatic rings. The molecule has 0 aromatic heterocycles. The zero-order chi connectivity index (χ0) is 12.5. The van der Waals surface area contributed by atoms with Crippen LogP contribution in [0, 0.1) is 0 Å². The summed E-state index contributed by atoms with van der Waals surface area (Å²) in [5.74, 6) is 1.55. The van der Waals surface area contributed by atoms with Gasteiger partial charge in [0.15, 0.2) is 0 Å². The van der Waals surface area contributed by atoms with Gasteiger partial charge >= 0.3 is 0 Å². The SMILES string of the molecule is CCC(CC)NC(=O)CCCC[C@@H]1CCSS1. The molecular weight excluding hydrogens is 250 g/mol. The monoisotopic (exact) mass is 275 g/mol. The molecule has 1 rings (SSSR count). The number of carbonyl (C=O) groups excluding carboxylic acids is 1. The van der Waals surface area contributed by atoms with Crippen LogP contribution in [0.4, 0.5) is 0 Å². The van der Waals surface area contributed by atoms with E-state index in [0.29, 0.717) is 12.5 Å². The zero-order valence-corrected chi connectivity index (χ0v) is 12.7. The van der Waals surface area contributed by atoms with Crippen molar-refractivity contribution in [3.63, 3.8) is 0 Å². The summed E-state index contributed by atoms with van der Waals surface area (Å²) in [5, 5.41) is 3.95. The van der Waals surface area contributed by atoms with Crippen LogP contribution >= 0.6 is 21.6 Å². The van der Waals surface area contributed by atoms with Gasteiger partial charge in [-0.25, -0.2) is 0 Å². The molecule has 1 aliphatic rings. The predicted octanol–water partition coefficient (Wildman–Crippen LogP) is 4.01. The van der Waals surface area contributed by atoms with Gasteiger partial charge in [0.1, 0.15) is 0 Å². The second-order valence-electron chi connectivity index (χ2n) is 4.66. The molecule has 1 heterocycles. The Morgan fingerprint density at radius 3 is 2.71 bits per heavy atom. The Morgan fingerprint density at radius 1 is 1.35 bits per heavy atom. The molecule has 0 aliphatic carbocycles. The summed E-state index contributed by atoms with van der Waals surface area (Å²) >= 11 is 0. The topological polar surface area (TPSA) is 29.1 Å². The average Bonchev–Trinajstić information content (AvgIpc) is 2.84. The van der Waals surface area contributed by atoms with Crippen LogP contribution < -0.4 is 5.32 Å². The van der Waals surface area contributed by atoms with Crippen LogP contribution in [0.25, 0.3) is 0 Å². The van der Waals surface area contributed by atoms with Crippen molar-refractivity contribution in [1.29, 1.82) is 0 Å². The van der Waals surface area contributed by atoms with Crippen molar-refractivity contribution >= 4 is 27.5 Å². The molecule has 1 atom stereocenters. The minimum absolute atomic E-state index is 0.243. The van der Waals surface area contributed by atoms with Crippen molar-refractivity contribution in [3.8, 4) is 0 Å². The second kappa shape index (κ2) is 9.15. The average molecular weight is 275 g/mol. The first-order valence-corrected chi connectivity index (χ1v) is 9.22. The van der Waals surface area contributed by atoms with Gasteiger partial charge in [-0.05, 0) is 32.1 Å². The van der Waals surface area contributed by atoms with E-state index in [-0.39, 0.29) is 5.91 Å². The Bertz CT molecular complexity index is 213. The highest BCUT2D eigenvalue weighted by Gasteiger charge is 2.16. The maximum atomic E-state index is 11.6. The smallest absolute Gasteiger partial charge is 0.220 e. The van der Waals surface area contributed by atoms with Crippen molar-refractivity contribution in [2.24, 2.45) is 0 Å². The first kappa shape index (κ1) is 15.2. The van der Waals surface area contributed by atoms with E-state index in [1.165, 1.54) is 25.0 Å². The number of rotatable bonds is 8. The van der Waals surface area contributed by atoms with E-state index in [9.17, 15) is 4.79 Å². The maximum Gasteiger partial charge on any atom is 0.220 e. The Hall–Kier alpha value is 0.170. The normalized spacial score (nSPS) is 19.8. The molecule has 0 radical (unpaired) electrons. The van der Waals surface area contributed by atoms with Crippen LogP contribution in [0.3, 0.4) is 0 Å². The van der Waals surface area contributed by atoms with E-state index in [0.717, 1.165) is 24.5 Å². The van der Waals surface area contributed by atoms with Crippen molar-refractivity contribution < 1.29 is 4.79 Å². The molecule has 1 amide bonds. The molecular formula is C13H25NOS2. The van der Waals surface area contributed by atoms with Crippen LogP contribution in [0.15, 0.2) is 0 Å². The molecule has 0 spiro atoms. The first-order chi connectivity index (χ1) is 8.26. The van der Waals surface area contributed by atoms with Gasteiger partial charge in [-0.3, -0.25) is 4.79 Å². The fourth-order valence-electron chi connectivity index (χ4n) is 2.01. The van der Waals surface area contributed by atoms with Gasteiger partial charge in [-0.15, -0.1) is 0 Å². The summed E-state index contributed by atoms with van der Waals surface area (Å²) in [7, 11) is 4.03. The summed E-state index contributed by atoms with van der Waals surface area (Å²) in [6.45, 7) is 4.26. The Balaban J connectivity index is 1.99. The standard InChI is InChI=1S/C13H25NOS2/c1-3-11(4-2)14-13(15)8-6-5-7-12-9-10-16-17-12/h11-12H,3-10H2,1-2H3,(H,14,15)/t12-/m1/s1. The van der Waals surface area contributed by atoms with E-state index in [4.69, 9.17) is 0 Å². The molecule has 1 fully saturated rings. The number of amides is 1. The van der Waals surface area contributed by atoms with Gasteiger partial charge < -0.3 is 5.32 Å². The lowest BCUT2D eigenvalue weighted by Gasteiger charge is -2.14. The minimum atomic E-state index is 0.243. The van der Waals surface area contributed by atoms with E-state index in [1.807, 2.05) is 21.6 Å². The van der Waals surface area contributed by atoms with Crippen molar-refractivity contribution in [2.45, 2.75) is 70.1 Å². The number of carbonyl (C=O) groups is 1. The molecule has 2 nitrogen and oxygen atoms in total. The van der Waals surface area contributed by atoms with E-state index in [2.05, 4.69) is 19.2 Å². The molecule has 17 heavy (non-hydrogen) atoms. The van der Waals surface area contributed by atoms with Crippen molar-refractivity contribution in [2.75, 3.05) is 5.75 Å². The van der Waals surface area contributed by atoms with Gasteiger partial charge in [0.2, 0.25) is 5.91 Å². The molecule has 1 N–H and O–H groups in total. The molecule has 4 heteroatoms. The van der Waals surface area contributed by atoms with E-state index in [1.54, 1.807) is 0 Å². The maximum absolute atomic E-state index is 11.6. The lowest BCUT2D eigenvalue weighted by atomic mass is 10.1. The molecule has 0 unspecified atom stereocenters. The van der Waals surface area contributed by atoms with Crippen molar-refractivity contribution in [3.05, 3.63) is 0 Å². The highest BCUT2D eigenvalue weighted by molar-refractivity contribution is 8.77. The van der Waals surface area contributed by atoms with Crippen LogP contribution in [0.5, 0.6) is 0 Å². The third kappa shape index (κ3) is 6.61. The van der Waals surface area contributed by atoms with E-state index < -0.39 is 0 Å². The van der Waals surface area contributed by atoms with Gasteiger partial charge in [0, 0.05) is 23.5 Å². The van der Waals surface area contributed by atoms with Crippen LogP contribution in [0.2, 0.25) is 0 Å². The summed E-state index contributed by atoms with van der Waals surface area (Å²) < 4.78 is 0. The quantitative estimate of drug-likeness (QED) is 0.536. The van der Waals surface area contributed by atoms with Gasteiger partial charge in [-0.2, -0.15) is 0 Å². The Labute approximate surface area is 113 Å². The summed E-state index contributed by atoms with van der Waals surface area (Å²) in [6.07, 6.45) is 7.69. The zero-order valence-electron chi connectivity index (χ0n) is 11.0. The number of unbranched alkanes of at least 4 members (excludes halogenated alkanes) is 1. The van der Waals surface area contributed by atoms with E-state index >= 15 is 0 Å². The summed E-state index contributed by atoms with van der Waals surface area (Å²) in [5.41, 5.74) is 0. The molecule has 0 saturated carbocycles. The third-order valence-corrected chi connectivity index (χ3v) is 6.26. The first-order valence-electron chi connectivity index (χ1n) is 6.83. The second-order valence-corrected chi connectivity index (χ2v) is 7.44. The Morgan fingerprint density at radius 2 is 2.12 bits per heavy atom. The predicted molar refractivity (Wildman–Crippen MR) is 79.4 cm³/mol. The number of hydrogen-bond donors (Lipinski definition) is 1. The largest absolute Gasteiger partial charge is 0.353 e. The lowest BCUT2D eigenvalue weighted by Crippen LogP contribution is -2.33. The highest BCUT2D eigenvalue weighted by atomic mass is 33.1. The fraction of sp³-hybridized carbons (Fsp3) is 0.923. The number of nitrogens with one attached hydrogen (secondary N) is 1. The number of hydrogen-bond acceptors (Lipinski definition) is 3. The lowest BCUT2D eigenvalue weighted by molar-refractivity contribution is -0.121. The van der Waals surface area contributed by atoms with Gasteiger partial charge in [-0.1, -0.05) is 41.9 Å². The van der Waals surface area contributed by atoms with Gasteiger partial charge in [0.25, 0.3) is 0 Å². The molecule has 0 aromatic carbocycles. The Kier molecular flexibility index (Phi) is 8.19.